The molecule has 2 aliphatic heterocycles. The zero-order chi connectivity index (χ0) is 19.6. The number of rotatable bonds is 5. The maximum Gasteiger partial charge on any atom is 0.243 e. The molecule has 0 unspecified atom stereocenters. The van der Waals surface area contributed by atoms with Gasteiger partial charge in [-0.05, 0) is 54.7 Å². The van der Waals surface area contributed by atoms with Crippen molar-refractivity contribution in [1.29, 1.82) is 5.26 Å². The highest BCUT2D eigenvalue weighted by Gasteiger charge is 2.30. The molecule has 2 aliphatic rings. The number of nitriles is 1. The summed E-state index contributed by atoms with van der Waals surface area (Å²) in [6.45, 7) is 1.94. The highest BCUT2D eigenvalue weighted by atomic mass is 32.2. The van der Waals surface area contributed by atoms with Crippen molar-refractivity contribution in [3.8, 4) is 17.7 Å². The SMILES string of the molecule is N#Cc1cccnc1OCC1CCN(S(=O)(=O)c2ccc3c(c2)CCO3)CC1. The molecule has 0 saturated carbocycles. The van der Waals surface area contributed by atoms with E-state index in [0.29, 0.717) is 55.5 Å². The Bertz CT molecular complexity index is 1010. The van der Waals surface area contributed by atoms with Gasteiger partial charge in [-0.2, -0.15) is 9.57 Å². The molecule has 0 radical (unpaired) electrons. The minimum absolute atomic E-state index is 0.230. The Morgan fingerprint density at radius 1 is 1.29 bits per heavy atom. The van der Waals surface area contributed by atoms with Crippen molar-refractivity contribution in [1.82, 2.24) is 9.29 Å². The van der Waals surface area contributed by atoms with Gasteiger partial charge in [0.2, 0.25) is 15.9 Å². The summed E-state index contributed by atoms with van der Waals surface area (Å²) in [5.74, 6) is 1.34. The van der Waals surface area contributed by atoms with Gasteiger partial charge in [0.1, 0.15) is 17.4 Å². The molecule has 1 aromatic carbocycles. The average molecular weight is 399 g/mol. The summed E-state index contributed by atoms with van der Waals surface area (Å²) in [6.07, 6.45) is 3.76. The Balaban J connectivity index is 1.36. The minimum Gasteiger partial charge on any atom is -0.493 e. The Labute approximate surface area is 164 Å². The molecule has 0 atom stereocenters. The second-order valence-corrected chi connectivity index (χ2v) is 8.93. The van der Waals surface area contributed by atoms with Gasteiger partial charge < -0.3 is 9.47 Å². The van der Waals surface area contributed by atoms with E-state index in [2.05, 4.69) is 11.1 Å². The van der Waals surface area contributed by atoms with Gasteiger partial charge in [0.05, 0.1) is 18.1 Å². The van der Waals surface area contributed by atoms with Gasteiger partial charge in [-0.25, -0.2) is 13.4 Å². The fourth-order valence-corrected chi connectivity index (χ4v) is 5.10. The number of hydrogen-bond donors (Lipinski definition) is 0. The van der Waals surface area contributed by atoms with Crippen molar-refractivity contribution in [3.63, 3.8) is 0 Å². The van der Waals surface area contributed by atoms with Gasteiger partial charge in [0.15, 0.2) is 0 Å². The number of aromatic nitrogens is 1. The van der Waals surface area contributed by atoms with Crippen LogP contribution in [0.5, 0.6) is 11.6 Å². The van der Waals surface area contributed by atoms with Crippen LogP contribution in [0.4, 0.5) is 0 Å². The molecule has 28 heavy (non-hydrogen) atoms. The Morgan fingerprint density at radius 3 is 2.89 bits per heavy atom. The lowest BCUT2D eigenvalue weighted by Gasteiger charge is -2.31. The molecule has 4 rings (SSSR count). The first kappa shape index (κ1) is 18.7. The predicted molar refractivity (Wildman–Crippen MR) is 102 cm³/mol. The van der Waals surface area contributed by atoms with Crippen LogP contribution < -0.4 is 9.47 Å². The van der Waals surface area contributed by atoms with Crippen LogP contribution in [0.15, 0.2) is 41.4 Å². The van der Waals surface area contributed by atoms with Crippen LogP contribution in [0.2, 0.25) is 0 Å². The van der Waals surface area contributed by atoms with Crippen LogP contribution in [-0.2, 0) is 16.4 Å². The number of fused-ring (bicyclic) bond motifs is 1. The fourth-order valence-electron chi connectivity index (χ4n) is 3.58. The molecule has 2 aromatic rings. The fraction of sp³-hybridized carbons (Fsp3) is 0.400. The lowest BCUT2D eigenvalue weighted by atomic mass is 9.99. The predicted octanol–water partition coefficient (Wildman–Crippen LogP) is 2.37. The maximum absolute atomic E-state index is 13.0. The number of sulfonamides is 1. The third kappa shape index (κ3) is 3.68. The number of pyridine rings is 1. The van der Waals surface area contributed by atoms with Crippen molar-refractivity contribution >= 4 is 10.0 Å². The number of benzene rings is 1. The van der Waals surface area contributed by atoms with E-state index in [0.717, 1.165) is 17.7 Å². The normalized spacial score (nSPS) is 17.5. The molecule has 1 saturated heterocycles. The maximum atomic E-state index is 13.0. The van der Waals surface area contributed by atoms with Gasteiger partial charge in [0, 0.05) is 25.7 Å². The van der Waals surface area contributed by atoms with Gasteiger partial charge in [-0.3, -0.25) is 0 Å². The molecule has 0 amide bonds. The second kappa shape index (κ2) is 7.78. The quantitative estimate of drug-likeness (QED) is 0.766. The van der Waals surface area contributed by atoms with Crippen molar-refractivity contribution in [2.75, 3.05) is 26.3 Å². The van der Waals surface area contributed by atoms with Crippen molar-refractivity contribution in [2.45, 2.75) is 24.2 Å². The first-order chi connectivity index (χ1) is 13.6. The van der Waals surface area contributed by atoms with Crippen LogP contribution in [0, 0.1) is 17.2 Å². The minimum atomic E-state index is -3.50. The average Bonchev–Trinajstić information content (AvgIpc) is 3.20. The van der Waals surface area contributed by atoms with E-state index < -0.39 is 10.0 Å². The second-order valence-electron chi connectivity index (χ2n) is 6.99. The summed E-state index contributed by atoms with van der Waals surface area (Å²) in [4.78, 5) is 4.43. The molecule has 0 spiro atoms. The van der Waals surface area contributed by atoms with E-state index in [1.165, 1.54) is 0 Å². The van der Waals surface area contributed by atoms with Gasteiger partial charge in [-0.1, -0.05) is 0 Å². The molecule has 3 heterocycles. The van der Waals surface area contributed by atoms with Crippen molar-refractivity contribution < 1.29 is 17.9 Å². The van der Waals surface area contributed by atoms with Crippen molar-refractivity contribution in [2.24, 2.45) is 5.92 Å². The first-order valence-corrected chi connectivity index (χ1v) is 10.8. The van der Waals surface area contributed by atoms with Gasteiger partial charge >= 0.3 is 0 Å². The molecular formula is C20H21N3O4S. The molecule has 8 heteroatoms. The number of hydrogen-bond acceptors (Lipinski definition) is 6. The zero-order valence-electron chi connectivity index (χ0n) is 15.4. The molecule has 0 N–H and O–H groups in total. The molecule has 0 aliphatic carbocycles. The Kier molecular flexibility index (Phi) is 5.20. The standard InChI is InChI=1S/C20H21N3O4S/c21-13-17-2-1-8-22-20(17)27-14-15-5-9-23(10-6-15)28(24,25)18-3-4-19-16(12-18)7-11-26-19/h1-4,8,12,15H,5-7,9-11,14H2. The molecule has 1 fully saturated rings. The molecule has 146 valence electrons. The van der Waals surface area contributed by atoms with Crippen molar-refractivity contribution in [3.05, 3.63) is 47.7 Å². The third-order valence-electron chi connectivity index (χ3n) is 5.22. The van der Waals surface area contributed by atoms with Crippen LogP contribution in [0.3, 0.4) is 0 Å². The third-order valence-corrected chi connectivity index (χ3v) is 7.11. The van der Waals surface area contributed by atoms with Crippen LogP contribution in [-0.4, -0.2) is 44.0 Å². The molecule has 0 bridgehead atoms. The van der Waals surface area contributed by atoms with Gasteiger partial charge in [0.25, 0.3) is 0 Å². The molecular weight excluding hydrogens is 378 g/mol. The Hall–Kier alpha value is -2.63. The number of ether oxygens (including phenoxy) is 2. The van der Waals surface area contributed by atoms with E-state index in [1.54, 1.807) is 40.8 Å². The monoisotopic (exact) mass is 399 g/mol. The summed E-state index contributed by atoms with van der Waals surface area (Å²) in [6, 6.07) is 10.5. The van der Waals surface area contributed by atoms with Crippen LogP contribution in [0.25, 0.3) is 0 Å². The number of piperidine rings is 1. The summed E-state index contributed by atoms with van der Waals surface area (Å²) in [5, 5.41) is 9.10. The van der Waals surface area contributed by atoms with E-state index >= 15 is 0 Å². The van der Waals surface area contributed by atoms with E-state index in [9.17, 15) is 8.42 Å². The highest BCUT2D eigenvalue weighted by Crippen LogP contribution is 2.30. The summed E-state index contributed by atoms with van der Waals surface area (Å²) >= 11 is 0. The van der Waals surface area contributed by atoms with Crippen LogP contribution >= 0.6 is 0 Å². The summed E-state index contributed by atoms with van der Waals surface area (Å²) in [7, 11) is -3.50. The summed E-state index contributed by atoms with van der Waals surface area (Å²) < 4.78 is 38.6. The largest absolute Gasteiger partial charge is 0.493 e. The first-order valence-electron chi connectivity index (χ1n) is 9.32. The smallest absolute Gasteiger partial charge is 0.243 e. The zero-order valence-corrected chi connectivity index (χ0v) is 16.2. The summed E-state index contributed by atoms with van der Waals surface area (Å²) in [5.41, 5.74) is 1.36. The Morgan fingerprint density at radius 2 is 2.11 bits per heavy atom. The topological polar surface area (TPSA) is 92.5 Å². The van der Waals surface area contributed by atoms with E-state index in [-0.39, 0.29) is 5.92 Å². The highest BCUT2D eigenvalue weighted by molar-refractivity contribution is 7.89. The lowest BCUT2D eigenvalue weighted by Crippen LogP contribution is -2.39. The number of nitrogens with zero attached hydrogens (tertiary/aromatic N) is 3. The lowest BCUT2D eigenvalue weighted by molar-refractivity contribution is 0.180. The van der Waals surface area contributed by atoms with Gasteiger partial charge in [-0.15, -0.1) is 0 Å². The van der Waals surface area contributed by atoms with Crippen LogP contribution in [0.1, 0.15) is 24.0 Å². The molecule has 1 aromatic heterocycles. The van der Waals surface area contributed by atoms with E-state index in [1.807, 2.05) is 0 Å². The van der Waals surface area contributed by atoms with E-state index in [4.69, 9.17) is 14.7 Å². The molecule has 7 nitrogen and oxygen atoms in total.